The van der Waals surface area contributed by atoms with Gasteiger partial charge in [-0.25, -0.2) is 0 Å². The highest BCUT2D eigenvalue weighted by Gasteiger charge is 2.35. The van der Waals surface area contributed by atoms with Crippen molar-refractivity contribution in [2.45, 2.75) is 64.9 Å². The molecule has 0 amide bonds. The van der Waals surface area contributed by atoms with Crippen molar-refractivity contribution in [2.24, 2.45) is 5.73 Å². The van der Waals surface area contributed by atoms with Crippen molar-refractivity contribution in [3.8, 4) is 0 Å². The van der Waals surface area contributed by atoms with Gasteiger partial charge in [-0.05, 0) is 54.1 Å². The molecule has 2 aliphatic heterocycles. The first-order chi connectivity index (χ1) is 12.7. The van der Waals surface area contributed by atoms with E-state index in [9.17, 15) is 5.11 Å². The van der Waals surface area contributed by atoms with Crippen LogP contribution in [0.5, 0.6) is 0 Å². The summed E-state index contributed by atoms with van der Waals surface area (Å²) in [4.78, 5) is 6.75. The van der Waals surface area contributed by atoms with Crippen molar-refractivity contribution in [3.63, 3.8) is 0 Å². The van der Waals surface area contributed by atoms with Crippen LogP contribution in [0.25, 0.3) is 0 Å². The van der Waals surface area contributed by atoms with Crippen LogP contribution >= 0.6 is 0 Å². The van der Waals surface area contributed by atoms with Gasteiger partial charge in [0.05, 0.1) is 18.8 Å². The lowest BCUT2D eigenvalue weighted by Crippen LogP contribution is -2.61. The molecule has 0 aromatic heterocycles. The monoisotopic (exact) mass is 383 g/mol. The highest BCUT2D eigenvalue weighted by molar-refractivity contribution is 5.06. The molecule has 0 radical (unpaired) electrons. The van der Waals surface area contributed by atoms with Crippen molar-refractivity contribution < 1.29 is 9.84 Å². The number of ether oxygens (including phenoxy) is 1. The average molecular weight is 384 g/mol. The van der Waals surface area contributed by atoms with Crippen LogP contribution in [0.1, 0.15) is 41.0 Å². The molecule has 1 fully saturated rings. The highest BCUT2D eigenvalue weighted by atomic mass is 16.5. The zero-order valence-electron chi connectivity index (χ0n) is 17.9. The van der Waals surface area contributed by atoms with E-state index in [1.165, 1.54) is 6.42 Å². The second kappa shape index (κ2) is 10.1. The molecule has 158 valence electrons. The van der Waals surface area contributed by atoms with Crippen LogP contribution in [0, 0.1) is 0 Å². The van der Waals surface area contributed by atoms with E-state index in [0.29, 0.717) is 25.3 Å². The number of rotatable bonds is 8. The Hall–Kier alpha value is -0.860. The van der Waals surface area contributed by atoms with Gasteiger partial charge in [-0.1, -0.05) is 0 Å². The number of aliphatic hydroxyl groups excluding tert-OH is 1. The summed E-state index contributed by atoms with van der Waals surface area (Å²) >= 11 is 0. The van der Waals surface area contributed by atoms with Crippen molar-refractivity contribution in [1.29, 1.82) is 0 Å². The molecule has 0 aliphatic carbocycles. The lowest BCUT2D eigenvalue weighted by Gasteiger charge is -2.44. The Kier molecular flexibility index (Phi) is 8.37. The van der Waals surface area contributed by atoms with Crippen LogP contribution in [-0.2, 0) is 4.74 Å². The summed E-state index contributed by atoms with van der Waals surface area (Å²) in [6.45, 7) is 17.4. The largest absolute Gasteiger partial charge is 0.378 e. The Morgan fingerprint density at radius 1 is 1.22 bits per heavy atom. The van der Waals surface area contributed by atoms with Crippen LogP contribution < -0.4 is 11.1 Å². The first kappa shape index (κ1) is 22.4. The molecule has 0 saturated carbocycles. The molecule has 0 bridgehead atoms. The summed E-state index contributed by atoms with van der Waals surface area (Å²) in [5.41, 5.74) is 6.68. The summed E-state index contributed by atoms with van der Waals surface area (Å²) in [7, 11) is 0. The summed E-state index contributed by atoms with van der Waals surface area (Å²) in [5, 5.41) is 14.3. The first-order valence-corrected chi connectivity index (χ1v) is 10.4. The Morgan fingerprint density at radius 2 is 1.96 bits per heavy atom. The molecule has 0 aromatic rings. The zero-order valence-corrected chi connectivity index (χ0v) is 17.9. The molecule has 1 saturated heterocycles. The number of hydrogen-bond acceptors (Lipinski definition) is 7. The Balaban J connectivity index is 1.83. The minimum Gasteiger partial charge on any atom is -0.378 e. The van der Waals surface area contributed by atoms with E-state index in [-0.39, 0.29) is 0 Å². The van der Waals surface area contributed by atoms with Crippen LogP contribution in [0.4, 0.5) is 0 Å². The topological polar surface area (TPSA) is 77.2 Å². The molecule has 2 rings (SSSR count). The predicted octanol–water partition coefficient (Wildman–Crippen LogP) is 0.610. The quantitative estimate of drug-likeness (QED) is 0.567. The average Bonchev–Trinajstić information content (AvgIpc) is 2.90. The molecule has 27 heavy (non-hydrogen) atoms. The van der Waals surface area contributed by atoms with E-state index in [4.69, 9.17) is 10.5 Å². The van der Waals surface area contributed by atoms with Crippen LogP contribution in [0.2, 0.25) is 0 Å². The smallest absolute Gasteiger partial charge is 0.146 e. The fraction of sp³-hybridized carbons (Fsp3) is 0.900. The minimum absolute atomic E-state index is 0.336. The van der Waals surface area contributed by atoms with Gasteiger partial charge in [-0.3, -0.25) is 4.90 Å². The van der Waals surface area contributed by atoms with Crippen molar-refractivity contribution in [3.05, 3.63) is 11.9 Å². The summed E-state index contributed by atoms with van der Waals surface area (Å²) in [6, 6.07) is 0.816. The minimum atomic E-state index is -0.824. The number of nitrogens with two attached hydrogens (primary N) is 1. The van der Waals surface area contributed by atoms with Gasteiger partial charge in [0, 0.05) is 50.2 Å². The predicted molar refractivity (Wildman–Crippen MR) is 110 cm³/mol. The molecule has 2 aliphatic rings. The number of nitrogens with one attached hydrogen (secondary N) is 1. The van der Waals surface area contributed by atoms with E-state index < -0.39 is 11.8 Å². The normalized spacial score (nSPS) is 24.4. The van der Waals surface area contributed by atoms with Crippen LogP contribution in [0.3, 0.4) is 0 Å². The van der Waals surface area contributed by atoms with Gasteiger partial charge in [-0.2, -0.15) is 0 Å². The van der Waals surface area contributed by atoms with Gasteiger partial charge in [0.25, 0.3) is 0 Å². The number of hydrogen-bond donors (Lipinski definition) is 3. The van der Waals surface area contributed by atoms with E-state index in [1.54, 1.807) is 0 Å². The zero-order chi connectivity index (χ0) is 20.0. The molecule has 7 heteroatoms. The molecule has 4 N–H and O–H groups in total. The maximum Gasteiger partial charge on any atom is 0.146 e. The van der Waals surface area contributed by atoms with Gasteiger partial charge in [0.1, 0.15) is 6.23 Å². The maximum atomic E-state index is 10.9. The lowest BCUT2D eigenvalue weighted by atomic mass is 10.0. The van der Waals surface area contributed by atoms with E-state index in [1.807, 2.05) is 18.7 Å². The highest BCUT2D eigenvalue weighted by Crippen LogP contribution is 2.21. The molecule has 7 nitrogen and oxygen atoms in total. The van der Waals surface area contributed by atoms with Gasteiger partial charge >= 0.3 is 0 Å². The molecule has 2 heterocycles. The second-order valence-corrected chi connectivity index (χ2v) is 8.68. The Morgan fingerprint density at radius 3 is 2.63 bits per heavy atom. The van der Waals surface area contributed by atoms with Gasteiger partial charge in [0.15, 0.2) is 0 Å². The van der Waals surface area contributed by atoms with E-state index in [0.717, 1.165) is 45.0 Å². The fourth-order valence-corrected chi connectivity index (χ4v) is 3.79. The van der Waals surface area contributed by atoms with Gasteiger partial charge in [0.2, 0.25) is 0 Å². The molecule has 0 aromatic carbocycles. The molecular formula is C20H41N5O2. The molecule has 3 atom stereocenters. The van der Waals surface area contributed by atoms with Crippen LogP contribution in [-0.4, -0.2) is 96.1 Å². The standard InChI is InChI=1S/C20H41N5O2/c1-16(2)24-11-12-25(17(3)13-24)19(26)20(5,21)15-27-14-18(4)23-9-6-7-22-8-10-23/h13,16,18-19,22,26H,6-12,14-15,21H2,1-5H3. The van der Waals surface area contributed by atoms with E-state index >= 15 is 0 Å². The van der Waals surface area contributed by atoms with E-state index in [2.05, 4.69) is 42.1 Å². The molecular weight excluding hydrogens is 342 g/mol. The lowest BCUT2D eigenvalue weighted by molar-refractivity contribution is -0.0707. The van der Waals surface area contributed by atoms with Gasteiger partial charge < -0.3 is 30.7 Å². The SMILES string of the molecule is CC1=CN(C(C)C)CCN1C(O)C(C)(N)COCC(C)N1CCCNCC1. The third-order valence-corrected chi connectivity index (χ3v) is 5.72. The fourth-order valence-electron chi connectivity index (χ4n) is 3.79. The van der Waals surface area contributed by atoms with Crippen molar-refractivity contribution in [2.75, 3.05) is 52.5 Å². The number of allylic oxidation sites excluding steroid dienone is 1. The maximum absolute atomic E-state index is 10.9. The third-order valence-electron chi connectivity index (χ3n) is 5.72. The summed E-state index contributed by atoms with van der Waals surface area (Å²) in [6.07, 6.45) is 2.52. The molecule has 3 unspecified atom stereocenters. The van der Waals surface area contributed by atoms with Crippen molar-refractivity contribution in [1.82, 2.24) is 20.0 Å². The molecule has 0 spiro atoms. The van der Waals surface area contributed by atoms with Crippen molar-refractivity contribution >= 4 is 0 Å². The van der Waals surface area contributed by atoms with Gasteiger partial charge in [-0.15, -0.1) is 0 Å². The van der Waals surface area contributed by atoms with Crippen LogP contribution in [0.15, 0.2) is 11.9 Å². The first-order valence-electron chi connectivity index (χ1n) is 10.4. The number of nitrogens with zero attached hydrogens (tertiary/aromatic N) is 3. The Bertz CT molecular complexity index is 475. The third kappa shape index (κ3) is 6.32. The second-order valence-electron chi connectivity index (χ2n) is 8.68. The summed E-state index contributed by atoms with van der Waals surface area (Å²) < 4.78 is 5.96. The summed E-state index contributed by atoms with van der Waals surface area (Å²) in [5.74, 6) is 0. The number of aliphatic hydroxyl groups is 1. The Labute approximate surface area is 165 Å².